The van der Waals surface area contributed by atoms with Crippen molar-refractivity contribution in [2.24, 2.45) is 4.99 Å². The predicted octanol–water partition coefficient (Wildman–Crippen LogP) is 9.10. The average molecular weight is 893 g/mol. The summed E-state index contributed by atoms with van der Waals surface area (Å²) < 4.78 is 17.3. The predicted molar refractivity (Wildman–Crippen MR) is 262 cm³/mol. The SMILES string of the molecule is CCOc1cc2c(cc1OC)C(c1ccc(C(=O)N(C(C)C)C(C)C)cc1)=N[C@@H]1CCN(C)C[C@H]21.OCc1cc(C(O)CNCCCCCCOCCCCc2ccccc2)ccc1O. The number of unbranched alkanes of at least 4 members (excludes halogenated alkanes) is 4. The number of aliphatic imine (C=N–C) groups is 1. The number of aliphatic hydroxyl groups is 2. The fourth-order valence-corrected chi connectivity index (χ4v) is 8.91. The number of carbonyl (C=O) groups excluding carboxylic acids is 1. The summed E-state index contributed by atoms with van der Waals surface area (Å²) in [5.41, 5.74) is 7.58. The lowest BCUT2D eigenvalue weighted by Crippen LogP contribution is -2.42. The zero-order valence-electron chi connectivity index (χ0n) is 40.1. The van der Waals surface area contributed by atoms with Crippen LogP contribution in [0.1, 0.15) is 135 Å². The lowest BCUT2D eigenvalue weighted by molar-refractivity contribution is 0.0643. The molecule has 4 aromatic carbocycles. The highest BCUT2D eigenvalue weighted by molar-refractivity contribution is 6.15. The topological polar surface area (TPSA) is 136 Å². The first kappa shape index (κ1) is 51.2. The molecule has 0 radical (unpaired) electrons. The van der Waals surface area contributed by atoms with Crippen LogP contribution in [0.2, 0.25) is 0 Å². The molecule has 4 aromatic rings. The van der Waals surface area contributed by atoms with Gasteiger partial charge in [0.2, 0.25) is 0 Å². The number of hydrogen-bond donors (Lipinski definition) is 4. The van der Waals surface area contributed by atoms with Crippen LogP contribution in [0.3, 0.4) is 0 Å². The highest BCUT2D eigenvalue weighted by atomic mass is 16.5. The number of phenols is 1. The van der Waals surface area contributed by atoms with E-state index in [0.29, 0.717) is 35.8 Å². The number of carbonyl (C=O) groups is 1. The molecule has 3 atom stereocenters. The van der Waals surface area contributed by atoms with Crippen LogP contribution in [0, 0.1) is 0 Å². The van der Waals surface area contributed by atoms with Gasteiger partial charge in [0.15, 0.2) is 11.5 Å². The third-order valence-corrected chi connectivity index (χ3v) is 12.4. The molecule has 0 spiro atoms. The van der Waals surface area contributed by atoms with Gasteiger partial charge in [0.25, 0.3) is 5.91 Å². The normalized spacial score (nSPS) is 16.3. The van der Waals surface area contributed by atoms with E-state index in [-0.39, 0.29) is 36.4 Å². The van der Waals surface area contributed by atoms with E-state index < -0.39 is 6.10 Å². The van der Waals surface area contributed by atoms with Crippen LogP contribution in [0.25, 0.3) is 0 Å². The molecule has 0 bridgehead atoms. The molecule has 1 unspecified atom stereocenters. The van der Waals surface area contributed by atoms with Crippen molar-refractivity contribution in [2.45, 2.75) is 123 Å². The maximum absolute atomic E-state index is 13.2. The number of methoxy groups -OCH3 is 1. The number of piperidine rings is 1. The number of aliphatic hydroxyl groups excluding tert-OH is 2. The minimum atomic E-state index is -0.647. The van der Waals surface area contributed by atoms with E-state index in [1.54, 1.807) is 19.2 Å². The van der Waals surface area contributed by atoms with Crippen LogP contribution in [0.15, 0.2) is 89.9 Å². The van der Waals surface area contributed by atoms with E-state index in [1.807, 2.05) is 36.1 Å². The molecule has 1 saturated heterocycles. The molecule has 65 heavy (non-hydrogen) atoms. The fraction of sp³-hybridized carbons (Fsp3) is 0.519. The van der Waals surface area contributed by atoms with Gasteiger partial charge in [-0.15, -0.1) is 0 Å². The summed E-state index contributed by atoms with van der Waals surface area (Å²) in [5.74, 6) is 1.94. The first-order valence-corrected chi connectivity index (χ1v) is 23.9. The molecule has 11 heteroatoms. The van der Waals surface area contributed by atoms with E-state index in [1.165, 1.54) is 23.6 Å². The molecule has 11 nitrogen and oxygen atoms in total. The minimum absolute atomic E-state index is 0.0533. The van der Waals surface area contributed by atoms with Gasteiger partial charge in [0.05, 0.1) is 38.2 Å². The van der Waals surface area contributed by atoms with Crippen LogP contribution < -0.4 is 14.8 Å². The van der Waals surface area contributed by atoms with Gasteiger partial charge in [-0.05, 0) is 146 Å². The van der Waals surface area contributed by atoms with Crippen molar-refractivity contribution in [1.82, 2.24) is 15.1 Å². The van der Waals surface area contributed by atoms with Gasteiger partial charge >= 0.3 is 0 Å². The summed E-state index contributed by atoms with van der Waals surface area (Å²) in [4.78, 5) is 22.7. The average Bonchev–Trinajstić information content (AvgIpc) is 3.30. The monoisotopic (exact) mass is 893 g/mol. The molecule has 2 aliphatic heterocycles. The summed E-state index contributed by atoms with van der Waals surface area (Å²) in [6.07, 6.45) is 8.26. The molecule has 4 N–H and O–H groups in total. The van der Waals surface area contributed by atoms with Crippen LogP contribution >= 0.6 is 0 Å². The van der Waals surface area contributed by atoms with Gasteiger partial charge in [-0.2, -0.15) is 0 Å². The van der Waals surface area contributed by atoms with Crippen molar-refractivity contribution in [3.05, 3.63) is 124 Å². The van der Waals surface area contributed by atoms with Gasteiger partial charge in [0, 0.05) is 66.6 Å². The van der Waals surface area contributed by atoms with Gasteiger partial charge in [0.1, 0.15) is 5.75 Å². The molecule has 0 saturated carbocycles. The third kappa shape index (κ3) is 14.9. The maximum atomic E-state index is 13.2. The van der Waals surface area contributed by atoms with E-state index in [9.17, 15) is 20.1 Å². The molecular formula is C54H76N4O7. The number of nitrogens with zero attached hydrogens (tertiary/aromatic N) is 3. The zero-order valence-corrected chi connectivity index (χ0v) is 40.1. The van der Waals surface area contributed by atoms with Gasteiger partial charge < -0.3 is 44.6 Å². The Morgan fingerprint density at radius 1 is 0.892 bits per heavy atom. The van der Waals surface area contributed by atoms with Crippen molar-refractivity contribution < 1.29 is 34.3 Å². The smallest absolute Gasteiger partial charge is 0.254 e. The van der Waals surface area contributed by atoms with E-state index in [2.05, 4.69) is 87.4 Å². The Hall–Kier alpha value is -4.78. The minimum Gasteiger partial charge on any atom is -0.508 e. The Labute approximate surface area is 388 Å². The number of hydrogen-bond acceptors (Lipinski definition) is 10. The lowest BCUT2D eigenvalue weighted by Gasteiger charge is -2.39. The largest absolute Gasteiger partial charge is 0.508 e. The Bertz CT molecular complexity index is 2070. The molecule has 1 amide bonds. The van der Waals surface area contributed by atoms with Crippen molar-refractivity contribution in [1.29, 1.82) is 0 Å². The molecule has 6 rings (SSSR count). The van der Waals surface area contributed by atoms with Crippen LogP contribution in [-0.4, -0.2) is 115 Å². The summed E-state index contributed by atoms with van der Waals surface area (Å²) in [6.45, 7) is 15.6. The van der Waals surface area contributed by atoms with Gasteiger partial charge in [-0.25, -0.2) is 0 Å². The molecule has 0 aromatic heterocycles. The molecule has 2 heterocycles. The molecule has 354 valence electrons. The van der Waals surface area contributed by atoms with Crippen LogP contribution in [0.4, 0.5) is 0 Å². The Kier molecular flexibility index (Phi) is 20.8. The number of nitrogens with one attached hydrogen (secondary N) is 1. The standard InChI is InChI=1S/C29H39N3O3.C25H37NO4/c1-8-35-27-15-22-23(16-26(27)34-7)28(30-25-13-14-31(6)17-24(22)25)20-9-11-21(12-10-20)29(33)32(18(2)3)19(4)5;27-20-23-18-22(13-14-24(23)28)25(29)19-26-15-7-1-2-8-16-30-17-9-6-12-21-10-4-3-5-11-21/h9-12,15-16,18-19,24-25H,8,13-14,17H2,1-7H3;3-5,10-11,13-14,18,25-29H,1-2,6-9,12,15-17,19-20H2/t24-,25-;/m1./s1. The molecule has 1 fully saturated rings. The van der Waals surface area contributed by atoms with Crippen molar-refractivity contribution >= 4 is 11.6 Å². The van der Waals surface area contributed by atoms with Gasteiger partial charge in [-0.1, -0.05) is 61.4 Å². The number of fused-ring (bicyclic) bond motifs is 3. The number of benzene rings is 4. The molecular weight excluding hydrogens is 817 g/mol. The first-order valence-electron chi connectivity index (χ1n) is 23.9. The highest BCUT2D eigenvalue weighted by Gasteiger charge is 2.36. The summed E-state index contributed by atoms with van der Waals surface area (Å²) in [7, 11) is 3.85. The number of amides is 1. The number of aromatic hydroxyl groups is 1. The summed E-state index contributed by atoms with van der Waals surface area (Å²) in [6, 6.07) is 28.1. The molecule has 2 aliphatic rings. The number of likely N-dealkylation sites (tertiary alicyclic amines) is 1. The second kappa shape index (κ2) is 26.4. The van der Waals surface area contributed by atoms with Gasteiger partial charge in [-0.3, -0.25) is 9.79 Å². The highest BCUT2D eigenvalue weighted by Crippen LogP contribution is 2.42. The quantitative estimate of drug-likeness (QED) is 0.0538. The number of ether oxygens (including phenoxy) is 3. The zero-order chi connectivity index (χ0) is 46.7. The van der Waals surface area contributed by atoms with Crippen LogP contribution in [-0.2, 0) is 17.8 Å². The van der Waals surface area contributed by atoms with E-state index >= 15 is 0 Å². The lowest BCUT2D eigenvalue weighted by atomic mass is 9.79. The number of rotatable bonds is 23. The van der Waals surface area contributed by atoms with Crippen molar-refractivity contribution in [3.8, 4) is 17.2 Å². The second-order valence-corrected chi connectivity index (χ2v) is 17.9. The maximum Gasteiger partial charge on any atom is 0.254 e. The Morgan fingerprint density at radius 3 is 2.28 bits per heavy atom. The number of likely N-dealkylation sites (N-methyl/N-ethyl adjacent to an activating group) is 1. The second-order valence-electron chi connectivity index (χ2n) is 17.9. The third-order valence-electron chi connectivity index (χ3n) is 12.4. The fourth-order valence-electron chi connectivity index (χ4n) is 8.91. The summed E-state index contributed by atoms with van der Waals surface area (Å²) >= 11 is 0. The van der Waals surface area contributed by atoms with E-state index in [4.69, 9.17) is 19.2 Å². The number of aryl methyl sites for hydroxylation is 1. The Morgan fingerprint density at radius 2 is 1.60 bits per heavy atom. The van der Waals surface area contributed by atoms with E-state index in [0.717, 1.165) is 106 Å². The molecule has 0 aliphatic carbocycles. The summed E-state index contributed by atoms with van der Waals surface area (Å²) in [5, 5.41) is 32.3. The first-order chi connectivity index (χ1) is 31.4. The van der Waals surface area contributed by atoms with Crippen molar-refractivity contribution in [3.63, 3.8) is 0 Å². The van der Waals surface area contributed by atoms with Crippen LogP contribution in [0.5, 0.6) is 17.2 Å². The Balaban J connectivity index is 0.000000248. The van der Waals surface area contributed by atoms with Crippen molar-refractivity contribution in [2.75, 3.05) is 60.2 Å².